The third-order valence-electron chi connectivity index (χ3n) is 5.35. The van der Waals surface area contributed by atoms with Gasteiger partial charge in [-0.25, -0.2) is 0 Å². The molecule has 11 heteroatoms. The zero-order valence-corrected chi connectivity index (χ0v) is 22.0. The van der Waals surface area contributed by atoms with E-state index in [1.807, 2.05) is 32.0 Å². The molecule has 1 heterocycles. The zero-order chi connectivity index (χ0) is 26.7. The molecule has 1 aliphatic rings. The number of amidine groups is 1. The van der Waals surface area contributed by atoms with Crippen molar-refractivity contribution in [2.24, 2.45) is 5.10 Å². The average Bonchev–Trinajstić information content (AvgIpc) is 3.18. The number of benzene rings is 3. The van der Waals surface area contributed by atoms with Crippen molar-refractivity contribution in [2.75, 3.05) is 16.9 Å². The van der Waals surface area contributed by atoms with Gasteiger partial charge in [-0.3, -0.25) is 14.4 Å². The Morgan fingerprint density at radius 1 is 1.00 bits per heavy atom. The Labute approximate surface area is 228 Å². The molecule has 190 valence electrons. The first-order chi connectivity index (χ1) is 17.6. The van der Waals surface area contributed by atoms with Crippen LogP contribution in [0.1, 0.15) is 27.9 Å². The van der Waals surface area contributed by atoms with Crippen molar-refractivity contribution < 1.29 is 19.1 Å². The molecule has 0 radical (unpaired) electrons. The number of nitrogens with zero attached hydrogens (tertiary/aromatic N) is 2. The maximum Gasteiger partial charge on any atom is 0.262 e. The van der Waals surface area contributed by atoms with Gasteiger partial charge in [-0.2, -0.15) is 10.1 Å². The highest BCUT2D eigenvalue weighted by atomic mass is 35.5. The Balaban J connectivity index is 1.39. The largest absolute Gasteiger partial charge is 0.484 e. The van der Waals surface area contributed by atoms with E-state index >= 15 is 0 Å². The topological polar surface area (TPSA) is 100 Å². The van der Waals surface area contributed by atoms with Crippen molar-refractivity contribution in [3.8, 4) is 5.75 Å². The minimum absolute atomic E-state index is 0.122. The van der Waals surface area contributed by atoms with Crippen LogP contribution in [-0.2, 0) is 9.59 Å². The summed E-state index contributed by atoms with van der Waals surface area (Å²) in [4.78, 5) is 37.6. The van der Waals surface area contributed by atoms with E-state index in [0.717, 1.165) is 16.1 Å². The molecule has 3 aromatic carbocycles. The molecular weight excluding hydrogens is 539 g/mol. The molecule has 0 spiro atoms. The Bertz CT molecular complexity index is 1420. The number of carbonyl (C=O) groups excluding carboxylic acids is 3. The number of hydrogen-bond acceptors (Lipinski definition) is 5. The molecule has 1 aliphatic heterocycles. The lowest BCUT2D eigenvalue weighted by Gasteiger charge is -2.15. The van der Waals surface area contributed by atoms with E-state index in [4.69, 9.17) is 39.5 Å². The summed E-state index contributed by atoms with van der Waals surface area (Å²) in [5.74, 6) is -0.814. The summed E-state index contributed by atoms with van der Waals surface area (Å²) < 4.78 is 5.57. The fraction of sp³-hybridized carbons (Fsp3) is 0.154. The van der Waals surface area contributed by atoms with Gasteiger partial charge in [-0.05, 0) is 55.8 Å². The molecule has 3 amide bonds. The van der Waals surface area contributed by atoms with E-state index in [-0.39, 0.29) is 46.1 Å². The molecule has 0 unspecified atom stereocenters. The normalized spacial score (nSPS) is 12.8. The fourth-order valence-corrected chi connectivity index (χ4v) is 4.61. The molecule has 0 aromatic heterocycles. The molecule has 4 rings (SSSR count). The molecule has 8 nitrogen and oxygen atoms in total. The molecule has 0 saturated heterocycles. The molecule has 0 fully saturated rings. The second-order valence-electron chi connectivity index (χ2n) is 8.28. The first-order valence-electron chi connectivity index (χ1n) is 11.1. The van der Waals surface area contributed by atoms with E-state index < -0.39 is 11.8 Å². The van der Waals surface area contributed by atoms with Crippen LogP contribution in [0.2, 0.25) is 15.1 Å². The second-order valence-corrected chi connectivity index (χ2v) is 9.54. The number of hydrogen-bond donors (Lipinski definition) is 2. The Hall–Kier alpha value is -3.59. The molecular formula is C26H21Cl3N4O4. The lowest BCUT2D eigenvalue weighted by Crippen LogP contribution is -2.29. The minimum atomic E-state index is -0.508. The van der Waals surface area contributed by atoms with Crippen molar-refractivity contribution in [1.29, 1.82) is 0 Å². The van der Waals surface area contributed by atoms with Gasteiger partial charge in [0.1, 0.15) is 17.3 Å². The van der Waals surface area contributed by atoms with Gasteiger partial charge in [-0.1, -0.05) is 58.6 Å². The van der Waals surface area contributed by atoms with Crippen LogP contribution in [0.3, 0.4) is 0 Å². The summed E-state index contributed by atoms with van der Waals surface area (Å²) >= 11 is 18.3. The number of amides is 3. The van der Waals surface area contributed by atoms with E-state index in [9.17, 15) is 14.4 Å². The number of anilines is 2. The van der Waals surface area contributed by atoms with Gasteiger partial charge in [0, 0.05) is 16.3 Å². The van der Waals surface area contributed by atoms with Crippen molar-refractivity contribution in [1.82, 2.24) is 5.32 Å². The van der Waals surface area contributed by atoms with Crippen LogP contribution in [-0.4, -0.2) is 30.2 Å². The van der Waals surface area contributed by atoms with Gasteiger partial charge in [0.05, 0.1) is 16.5 Å². The van der Waals surface area contributed by atoms with Crippen LogP contribution in [0, 0.1) is 13.8 Å². The quantitative estimate of drug-likeness (QED) is 0.401. The van der Waals surface area contributed by atoms with Crippen LogP contribution < -0.4 is 20.4 Å². The van der Waals surface area contributed by atoms with Crippen molar-refractivity contribution in [3.63, 3.8) is 0 Å². The lowest BCUT2D eigenvalue weighted by molar-refractivity contribution is -0.118. The molecule has 3 aromatic rings. The van der Waals surface area contributed by atoms with Gasteiger partial charge < -0.3 is 15.4 Å². The summed E-state index contributed by atoms with van der Waals surface area (Å²) in [5.41, 5.74) is 3.17. The molecule has 0 saturated carbocycles. The smallest absolute Gasteiger partial charge is 0.262 e. The monoisotopic (exact) mass is 558 g/mol. The number of carbonyl (C=O) groups is 3. The van der Waals surface area contributed by atoms with Crippen LogP contribution in [0.25, 0.3) is 0 Å². The summed E-state index contributed by atoms with van der Waals surface area (Å²) in [5, 5.41) is 11.2. The van der Waals surface area contributed by atoms with E-state index in [2.05, 4.69) is 15.7 Å². The summed E-state index contributed by atoms with van der Waals surface area (Å²) in [6.07, 6.45) is -0.157. The highest BCUT2D eigenvalue weighted by Crippen LogP contribution is 2.38. The number of hydrazone groups is 1. The predicted molar refractivity (Wildman–Crippen MR) is 145 cm³/mol. The Kier molecular flexibility index (Phi) is 8.02. The Morgan fingerprint density at radius 2 is 1.73 bits per heavy atom. The highest BCUT2D eigenvalue weighted by Gasteiger charge is 2.30. The number of aryl methyl sites for hydroxylation is 2. The maximum absolute atomic E-state index is 12.8. The van der Waals surface area contributed by atoms with Crippen LogP contribution in [0.15, 0.2) is 59.7 Å². The highest BCUT2D eigenvalue weighted by molar-refractivity contribution is 6.42. The molecule has 37 heavy (non-hydrogen) atoms. The lowest BCUT2D eigenvalue weighted by atomic mass is 10.1. The van der Waals surface area contributed by atoms with Crippen LogP contribution in [0.4, 0.5) is 11.4 Å². The molecule has 2 N–H and O–H groups in total. The third kappa shape index (κ3) is 6.40. The zero-order valence-electron chi connectivity index (χ0n) is 19.8. The van der Waals surface area contributed by atoms with E-state index in [0.29, 0.717) is 16.5 Å². The number of rotatable bonds is 6. The number of nitrogens with one attached hydrogen (secondary N) is 2. The van der Waals surface area contributed by atoms with Gasteiger partial charge in [0.15, 0.2) is 6.61 Å². The minimum Gasteiger partial charge on any atom is -0.484 e. The van der Waals surface area contributed by atoms with Gasteiger partial charge >= 0.3 is 0 Å². The molecule has 0 atom stereocenters. The van der Waals surface area contributed by atoms with Crippen LogP contribution >= 0.6 is 34.8 Å². The average molecular weight is 560 g/mol. The van der Waals surface area contributed by atoms with Crippen molar-refractivity contribution in [2.45, 2.75) is 20.3 Å². The molecule has 0 aliphatic carbocycles. The Morgan fingerprint density at radius 3 is 2.43 bits per heavy atom. The summed E-state index contributed by atoms with van der Waals surface area (Å²) in [6, 6.07) is 14.9. The predicted octanol–water partition coefficient (Wildman–Crippen LogP) is 5.76. The van der Waals surface area contributed by atoms with Gasteiger partial charge in [-0.15, -0.1) is 0 Å². The first kappa shape index (κ1) is 26.5. The van der Waals surface area contributed by atoms with Gasteiger partial charge in [0.25, 0.3) is 17.7 Å². The van der Waals surface area contributed by atoms with Crippen LogP contribution in [0.5, 0.6) is 5.75 Å². The standard InChI is InChI=1S/C26H21Cl3N4O4/c1-14-6-7-21(15(2)8-14)30-23(34)13-37-18-5-3-4-16(9-18)26(36)31-22-12-24(35)33(32-22)25-19(28)10-17(27)11-20(25)29/h3-11H,12-13H2,1-2H3,(H,30,34)(H,31,32,36). The summed E-state index contributed by atoms with van der Waals surface area (Å²) in [6.45, 7) is 3.64. The van der Waals surface area contributed by atoms with E-state index in [1.54, 1.807) is 18.2 Å². The number of ether oxygens (including phenoxy) is 1. The fourth-order valence-electron chi connectivity index (χ4n) is 3.63. The first-order valence-corrected chi connectivity index (χ1v) is 12.2. The van der Waals surface area contributed by atoms with Crippen molar-refractivity contribution >= 4 is 69.7 Å². The molecule has 0 bridgehead atoms. The SMILES string of the molecule is Cc1ccc(NC(=O)COc2cccc(C(=O)NC3=NN(c4c(Cl)cc(Cl)cc4Cl)C(=O)C3)c2)c(C)c1. The second kappa shape index (κ2) is 11.2. The van der Waals surface area contributed by atoms with Gasteiger partial charge in [0.2, 0.25) is 0 Å². The number of halogens is 3. The van der Waals surface area contributed by atoms with Crippen molar-refractivity contribution in [3.05, 3.63) is 86.4 Å². The third-order valence-corrected chi connectivity index (χ3v) is 6.14. The maximum atomic E-state index is 12.8. The summed E-state index contributed by atoms with van der Waals surface area (Å²) in [7, 11) is 0. The van der Waals surface area contributed by atoms with E-state index in [1.165, 1.54) is 18.2 Å².